The molecule has 4 N–H and O–H groups in total. The molecule has 0 aliphatic carbocycles. The quantitative estimate of drug-likeness (QED) is 0.462. The minimum Gasteiger partial charge on any atom is -0.462 e. The van der Waals surface area contributed by atoms with Crippen LogP contribution in [0.5, 0.6) is 5.75 Å². The Labute approximate surface area is 191 Å². The Morgan fingerprint density at radius 2 is 1.70 bits per heavy atom. The van der Waals surface area contributed by atoms with Gasteiger partial charge in [-0.15, -0.1) is 0 Å². The maximum atomic E-state index is 12.9. The van der Waals surface area contributed by atoms with Crippen molar-refractivity contribution in [3.05, 3.63) is 64.6 Å². The van der Waals surface area contributed by atoms with Gasteiger partial charge in [0.2, 0.25) is 6.29 Å². The molecule has 5 atom stereocenters. The highest BCUT2D eigenvalue weighted by molar-refractivity contribution is 5.86. The Hall–Kier alpha value is -2.75. The van der Waals surface area contributed by atoms with Crippen LogP contribution in [0, 0.1) is 6.92 Å². The van der Waals surface area contributed by atoms with Gasteiger partial charge >= 0.3 is 0 Å². The van der Waals surface area contributed by atoms with Crippen LogP contribution >= 0.6 is 0 Å². The number of aromatic nitrogens is 1. The molecule has 3 aromatic rings. The molecule has 0 radical (unpaired) electrons. The Bertz CT molecular complexity index is 1200. The molecule has 1 saturated heterocycles. The average Bonchev–Trinajstić information content (AvgIpc) is 2.80. The highest BCUT2D eigenvalue weighted by atomic mass is 16.7. The fourth-order valence-corrected chi connectivity index (χ4v) is 4.09. The van der Waals surface area contributed by atoms with Gasteiger partial charge in [-0.3, -0.25) is 4.79 Å². The second kappa shape index (κ2) is 9.24. The molecular weight excluding hydrogens is 426 g/mol. The fourth-order valence-electron chi connectivity index (χ4n) is 4.09. The lowest BCUT2D eigenvalue weighted by Crippen LogP contribution is -2.60. The van der Waals surface area contributed by atoms with Gasteiger partial charge in [0, 0.05) is 17.6 Å². The van der Waals surface area contributed by atoms with Gasteiger partial charge in [0.1, 0.15) is 30.2 Å². The van der Waals surface area contributed by atoms with Crippen LogP contribution in [0.25, 0.3) is 21.9 Å². The first-order valence-corrected chi connectivity index (χ1v) is 10.9. The first-order chi connectivity index (χ1) is 15.7. The second-order valence-electron chi connectivity index (χ2n) is 8.72. The summed E-state index contributed by atoms with van der Waals surface area (Å²) in [7, 11) is 0. The van der Waals surface area contributed by atoms with Crippen molar-refractivity contribution < 1.29 is 29.9 Å². The minimum atomic E-state index is -1.51. The van der Waals surface area contributed by atoms with E-state index in [9.17, 15) is 25.2 Å². The van der Waals surface area contributed by atoms with Crippen molar-refractivity contribution in [3.63, 3.8) is 0 Å². The highest BCUT2D eigenvalue weighted by Gasteiger charge is 2.44. The van der Waals surface area contributed by atoms with Crippen LogP contribution in [-0.2, 0) is 4.74 Å². The molecule has 1 fully saturated rings. The first-order valence-electron chi connectivity index (χ1n) is 10.9. The predicted molar refractivity (Wildman–Crippen MR) is 123 cm³/mol. The largest absolute Gasteiger partial charge is 0.462 e. The van der Waals surface area contributed by atoms with Crippen molar-refractivity contribution in [3.8, 4) is 16.9 Å². The van der Waals surface area contributed by atoms with Crippen LogP contribution < -0.4 is 10.3 Å². The molecular formula is C25H29NO7. The molecule has 2 unspecified atom stereocenters. The van der Waals surface area contributed by atoms with Gasteiger partial charge < -0.3 is 34.5 Å². The number of fused-ring (bicyclic) bond motifs is 1. The number of ether oxygens (including phenoxy) is 2. The van der Waals surface area contributed by atoms with Gasteiger partial charge in [0.05, 0.1) is 6.61 Å². The third kappa shape index (κ3) is 4.40. The van der Waals surface area contributed by atoms with E-state index in [0.717, 1.165) is 22.1 Å². The summed E-state index contributed by atoms with van der Waals surface area (Å²) in [4.78, 5) is 12.9. The van der Waals surface area contributed by atoms with Gasteiger partial charge in [-0.05, 0) is 67.1 Å². The molecule has 176 valence electrons. The van der Waals surface area contributed by atoms with Crippen LogP contribution in [0.3, 0.4) is 0 Å². The van der Waals surface area contributed by atoms with Crippen molar-refractivity contribution >= 4 is 10.8 Å². The number of hydrogen-bond acceptors (Lipinski definition) is 7. The number of rotatable bonds is 5. The van der Waals surface area contributed by atoms with Gasteiger partial charge in [-0.2, -0.15) is 0 Å². The van der Waals surface area contributed by atoms with Gasteiger partial charge in [-0.25, -0.2) is 0 Å². The Kier molecular flexibility index (Phi) is 6.56. The number of aliphatic hydroxyl groups is 4. The number of pyridine rings is 1. The molecule has 2 aromatic carbocycles. The Morgan fingerprint density at radius 1 is 1.00 bits per heavy atom. The molecule has 1 aliphatic heterocycles. The highest BCUT2D eigenvalue weighted by Crippen LogP contribution is 2.30. The summed E-state index contributed by atoms with van der Waals surface area (Å²) in [6, 6.07) is 13.2. The topological polar surface area (TPSA) is 121 Å². The van der Waals surface area contributed by atoms with E-state index in [1.54, 1.807) is 10.6 Å². The van der Waals surface area contributed by atoms with Crippen LogP contribution in [-0.4, -0.2) is 62.3 Å². The lowest BCUT2D eigenvalue weighted by atomic mass is 9.99. The monoisotopic (exact) mass is 455 g/mol. The van der Waals surface area contributed by atoms with Gasteiger partial charge in [0.15, 0.2) is 0 Å². The van der Waals surface area contributed by atoms with E-state index in [2.05, 4.69) is 0 Å². The van der Waals surface area contributed by atoms with Crippen LogP contribution in [0.15, 0.2) is 53.5 Å². The molecule has 33 heavy (non-hydrogen) atoms. The fraction of sp³-hybridized carbons (Fsp3) is 0.400. The average molecular weight is 456 g/mol. The lowest BCUT2D eigenvalue weighted by Gasteiger charge is -2.39. The zero-order chi connectivity index (χ0) is 23.9. The lowest BCUT2D eigenvalue weighted by molar-refractivity contribution is -0.277. The molecule has 0 saturated carbocycles. The first kappa shape index (κ1) is 23.4. The van der Waals surface area contributed by atoms with E-state index in [1.165, 1.54) is 0 Å². The third-order valence-electron chi connectivity index (χ3n) is 6.09. The van der Waals surface area contributed by atoms with E-state index in [-0.39, 0.29) is 11.6 Å². The van der Waals surface area contributed by atoms with E-state index in [1.807, 2.05) is 63.4 Å². The molecule has 1 aliphatic rings. The SMILES string of the molecule is Cc1cc(-c2ccc3ccn(C(C)C)c(=O)c3c2)ccc1O[C@H]1OC(CO)[C@@H](O)[C@H](O)C1O. The molecule has 0 bridgehead atoms. The maximum Gasteiger partial charge on any atom is 0.258 e. The molecule has 4 rings (SSSR count). The maximum absolute atomic E-state index is 12.9. The van der Waals surface area contributed by atoms with E-state index in [0.29, 0.717) is 11.1 Å². The van der Waals surface area contributed by atoms with E-state index < -0.39 is 37.3 Å². The zero-order valence-corrected chi connectivity index (χ0v) is 18.8. The number of aryl methyl sites for hydroxylation is 1. The standard InChI is InChI=1S/C25H29NO7/c1-13(2)26-9-8-15-4-5-17(11-18(15)24(26)31)16-6-7-19(14(3)10-16)32-25-23(30)22(29)21(28)20(12-27)33-25/h4-11,13,20-23,25,27-30H,12H2,1-3H3/t20?,21-,22+,23?,25+/m1/s1. The third-order valence-corrected chi connectivity index (χ3v) is 6.09. The number of aliphatic hydroxyl groups excluding tert-OH is 4. The zero-order valence-electron chi connectivity index (χ0n) is 18.8. The summed E-state index contributed by atoms with van der Waals surface area (Å²) in [5, 5.41) is 41.0. The van der Waals surface area contributed by atoms with E-state index in [4.69, 9.17) is 9.47 Å². The van der Waals surface area contributed by atoms with Crippen LogP contribution in [0.2, 0.25) is 0 Å². The van der Waals surface area contributed by atoms with Crippen molar-refractivity contribution in [2.45, 2.75) is 57.5 Å². The van der Waals surface area contributed by atoms with Crippen molar-refractivity contribution in [2.75, 3.05) is 6.61 Å². The molecule has 2 heterocycles. The summed E-state index contributed by atoms with van der Waals surface area (Å²) in [6.07, 6.45) is -4.91. The smallest absolute Gasteiger partial charge is 0.258 e. The minimum absolute atomic E-state index is 0.0383. The summed E-state index contributed by atoms with van der Waals surface area (Å²) in [6.45, 7) is 5.24. The second-order valence-corrected chi connectivity index (χ2v) is 8.72. The van der Waals surface area contributed by atoms with Crippen molar-refractivity contribution in [2.24, 2.45) is 0 Å². The molecule has 0 spiro atoms. The number of hydrogen-bond donors (Lipinski definition) is 4. The summed E-state index contributed by atoms with van der Waals surface area (Å²) >= 11 is 0. The predicted octanol–water partition coefficient (Wildman–Crippen LogP) is 1.74. The van der Waals surface area contributed by atoms with Crippen molar-refractivity contribution in [1.29, 1.82) is 0 Å². The number of nitrogens with zero attached hydrogens (tertiary/aromatic N) is 1. The summed E-state index contributed by atoms with van der Waals surface area (Å²) in [5.41, 5.74) is 2.47. The van der Waals surface area contributed by atoms with Crippen molar-refractivity contribution in [1.82, 2.24) is 4.57 Å². The summed E-state index contributed by atoms with van der Waals surface area (Å²) in [5.74, 6) is 0.422. The number of benzene rings is 2. The van der Waals surface area contributed by atoms with Gasteiger partial charge in [-0.1, -0.05) is 18.2 Å². The van der Waals surface area contributed by atoms with Crippen LogP contribution in [0.4, 0.5) is 0 Å². The summed E-state index contributed by atoms with van der Waals surface area (Å²) < 4.78 is 12.9. The molecule has 1 aromatic heterocycles. The Morgan fingerprint density at radius 3 is 2.36 bits per heavy atom. The molecule has 8 nitrogen and oxygen atoms in total. The van der Waals surface area contributed by atoms with Gasteiger partial charge in [0.25, 0.3) is 5.56 Å². The molecule has 0 amide bonds. The molecule has 8 heteroatoms. The van der Waals surface area contributed by atoms with Crippen LogP contribution in [0.1, 0.15) is 25.5 Å². The normalized spacial score (nSPS) is 25.5. The Balaban J connectivity index is 1.62. The van der Waals surface area contributed by atoms with E-state index >= 15 is 0 Å².